The molecule has 1 rings (SSSR count). The van der Waals surface area contributed by atoms with Gasteiger partial charge in [0.1, 0.15) is 11.2 Å². The van der Waals surface area contributed by atoms with Gasteiger partial charge in [-0.15, -0.1) is 11.8 Å². The van der Waals surface area contributed by atoms with Crippen LogP contribution in [0.1, 0.15) is 57.9 Å². The SMILES string of the molecule is CCCCCCSC(CCC)Oc1ccc(CC(=O)OC)cc1. The fourth-order valence-electron chi connectivity index (χ4n) is 2.23. The molecule has 0 amide bonds. The highest BCUT2D eigenvalue weighted by Crippen LogP contribution is 2.24. The molecule has 1 aromatic carbocycles. The fourth-order valence-corrected chi connectivity index (χ4v) is 3.45. The maximum atomic E-state index is 11.3. The number of thioether (sulfide) groups is 1. The summed E-state index contributed by atoms with van der Waals surface area (Å²) in [4.78, 5) is 11.3. The van der Waals surface area contributed by atoms with E-state index < -0.39 is 0 Å². The van der Waals surface area contributed by atoms with E-state index in [0.29, 0.717) is 6.42 Å². The maximum absolute atomic E-state index is 11.3. The minimum Gasteiger partial charge on any atom is -0.480 e. The summed E-state index contributed by atoms with van der Waals surface area (Å²) in [6.07, 6.45) is 7.65. The summed E-state index contributed by atoms with van der Waals surface area (Å²) in [5.41, 5.74) is 1.16. The summed E-state index contributed by atoms with van der Waals surface area (Å²) in [7, 11) is 1.41. The van der Waals surface area contributed by atoms with Crippen LogP contribution < -0.4 is 4.74 Å². The molecule has 1 atom stereocenters. The van der Waals surface area contributed by atoms with Gasteiger partial charge in [0.05, 0.1) is 13.5 Å². The molecule has 0 aliphatic rings. The molecule has 0 bridgehead atoms. The molecule has 0 heterocycles. The third-order valence-electron chi connectivity index (χ3n) is 3.59. The zero-order chi connectivity index (χ0) is 16.9. The van der Waals surface area contributed by atoms with E-state index in [4.69, 9.17) is 4.74 Å². The zero-order valence-corrected chi connectivity index (χ0v) is 15.5. The van der Waals surface area contributed by atoms with Crippen LogP contribution in [0.15, 0.2) is 24.3 Å². The Morgan fingerprint density at radius 2 is 1.83 bits per heavy atom. The summed E-state index contributed by atoms with van der Waals surface area (Å²) in [5.74, 6) is 1.81. The number of carbonyl (C=O) groups is 1. The van der Waals surface area contributed by atoms with Crippen molar-refractivity contribution in [2.24, 2.45) is 0 Å². The number of benzene rings is 1. The number of hydrogen-bond acceptors (Lipinski definition) is 4. The van der Waals surface area contributed by atoms with Crippen molar-refractivity contribution in [1.82, 2.24) is 0 Å². The summed E-state index contributed by atoms with van der Waals surface area (Å²) < 4.78 is 10.8. The van der Waals surface area contributed by atoms with Crippen LogP contribution in [-0.4, -0.2) is 24.3 Å². The molecule has 3 nitrogen and oxygen atoms in total. The largest absolute Gasteiger partial charge is 0.480 e. The fraction of sp³-hybridized carbons (Fsp3) is 0.632. The van der Waals surface area contributed by atoms with Crippen molar-refractivity contribution >= 4 is 17.7 Å². The Morgan fingerprint density at radius 1 is 1.09 bits per heavy atom. The van der Waals surface area contributed by atoms with Crippen molar-refractivity contribution < 1.29 is 14.3 Å². The topological polar surface area (TPSA) is 35.5 Å². The lowest BCUT2D eigenvalue weighted by molar-refractivity contribution is -0.139. The lowest BCUT2D eigenvalue weighted by Gasteiger charge is -2.18. The second kappa shape index (κ2) is 12.3. The molecule has 0 aliphatic heterocycles. The van der Waals surface area contributed by atoms with Gasteiger partial charge in [0.2, 0.25) is 0 Å². The van der Waals surface area contributed by atoms with E-state index in [0.717, 1.165) is 29.9 Å². The van der Waals surface area contributed by atoms with E-state index in [1.54, 1.807) is 0 Å². The number of ether oxygens (including phenoxy) is 2. The first-order chi connectivity index (χ1) is 11.2. The molecule has 0 N–H and O–H groups in total. The van der Waals surface area contributed by atoms with Crippen LogP contribution >= 0.6 is 11.8 Å². The van der Waals surface area contributed by atoms with E-state index in [-0.39, 0.29) is 11.4 Å². The van der Waals surface area contributed by atoms with E-state index in [1.807, 2.05) is 36.0 Å². The van der Waals surface area contributed by atoms with Gasteiger partial charge in [0.15, 0.2) is 0 Å². The highest BCUT2D eigenvalue weighted by atomic mass is 32.2. The predicted octanol–water partition coefficient (Wildman–Crippen LogP) is 5.22. The molecule has 0 saturated heterocycles. The lowest BCUT2D eigenvalue weighted by Crippen LogP contribution is -2.12. The predicted molar refractivity (Wildman–Crippen MR) is 98.1 cm³/mol. The van der Waals surface area contributed by atoms with Crippen LogP contribution in [0.2, 0.25) is 0 Å². The van der Waals surface area contributed by atoms with Gasteiger partial charge in [0.25, 0.3) is 0 Å². The van der Waals surface area contributed by atoms with E-state index in [2.05, 4.69) is 18.6 Å². The standard InChI is InChI=1S/C19H30O3S/c1-4-6-7-8-14-23-19(9-5-2)22-17-12-10-16(11-13-17)15-18(20)21-3/h10-13,19H,4-9,14-15H2,1-3H3. The lowest BCUT2D eigenvalue weighted by atomic mass is 10.1. The highest BCUT2D eigenvalue weighted by Gasteiger charge is 2.10. The van der Waals surface area contributed by atoms with Gasteiger partial charge < -0.3 is 9.47 Å². The number of carbonyl (C=O) groups excluding carboxylic acids is 1. The average molecular weight is 339 g/mol. The Balaban J connectivity index is 2.43. The van der Waals surface area contributed by atoms with Gasteiger partial charge in [-0.05, 0) is 36.3 Å². The molecule has 0 radical (unpaired) electrons. The van der Waals surface area contributed by atoms with Gasteiger partial charge in [0, 0.05) is 0 Å². The number of hydrogen-bond donors (Lipinski definition) is 0. The van der Waals surface area contributed by atoms with Crippen LogP contribution in [-0.2, 0) is 16.0 Å². The minimum absolute atomic E-state index is 0.216. The van der Waals surface area contributed by atoms with Gasteiger partial charge in [-0.1, -0.05) is 51.7 Å². The van der Waals surface area contributed by atoms with Crippen molar-refractivity contribution in [1.29, 1.82) is 0 Å². The quantitative estimate of drug-likeness (QED) is 0.297. The number of esters is 1. The van der Waals surface area contributed by atoms with Crippen molar-refractivity contribution in [3.05, 3.63) is 29.8 Å². The van der Waals surface area contributed by atoms with Gasteiger partial charge >= 0.3 is 5.97 Å². The van der Waals surface area contributed by atoms with Crippen molar-refractivity contribution in [3.63, 3.8) is 0 Å². The normalized spacial score (nSPS) is 12.0. The van der Waals surface area contributed by atoms with E-state index in [9.17, 15) is 4.79 Å². The Hall–Kier alpha value is -1.16. The van der Waals surface area contributed by atoms with Crippen LogP contribution in [0.3, 0.4) is 0 Å². The smallest absolute Gasteiger partial charge is 0.309 e. The summed E-state index contributed by atoms with van der Waals surface area (Å²) in [5, 5.41) is 0. The van der Waals surface area contributed by atoms with Gasteiger partial charge in [-0.25, -0.2) is 0 Å². The Morgan fingerprint density at radius 3 is 2.43 bits per heavy atom. The van der Waals surface area contributed by atoms with Crippen LogP contribution in [0.25, 0.3) is 0 Å². The van der Waals surface area contributed by atoms with E-state index in [1.165, 1.54) is 32.8 Å². The molecule has 0 aliphatic carbocycles. The minimum atomic E-state index is -0.217. The molecule has 1 aromatic rings. The van der Waals surface area contributed by atoms with Gasteiger partial charge in [-0.3, -0.25) is 4.79 Å². The number of methoxy groups -OCH3 is 1. The van der Waals surface area contributed by atoms with Crippen molar-refractivity contribution in [2.45, 2.75) is 64.2 Å². The first-order valence-corrected chi connectivity index (χ1v) is 9.68. The third kappa shape index (κ3) is 8.89. The highest BCUT2D eigenvalue weighted by molar-refractivity contribution is 7.99. The molecule has 130 valence electrons. The second-order valence-corrected chi connectivity index (χ2v) is 6.93. The van der Waals surface area contributed by atoms with E-state index >= 15 is 0 Å². The molecule has 0 saturated carbocycles. The van der Waals surface area contributed by atoms with Crippen molar-refractivity contribution in [3.8, 4) is 5.75 Å². The van der Waals surface area contributed by atoms with Crippen LogP contribution in [0.5, 0.6) is 5.75 Å². The average Bonchev–Trinajstić information content (AvgIpc) is 2.56. The molecule has 0 fully saturated rings. The van der Waals surface area contributed by atoms with Crippen molar-refractivity contribution in [2.75, 3.05) is 12.9 Å². The monoisotopic (exact) mass is 338 g/mol. The molecule has 4 heteroatoms. The molecule has 0 spiro atoms. The Labute approximate surface area is 145 Å². The molecular formula is C19H30O3S. The Bertz CT molecular complexity index is 431. The molecule has 0 aromatic heterocycles. The first kappa shape index (κ1) is 19.9. The maximum Gasteiger partial charge on any atom is 0.309 e. The molecular weight excluding hydrogens is 308 g/mol. The molecule has 1 unspecified atom stereocenters. The first-order valence-electron chi connectivity index (χ1n) is 8.63. The number of unbranched alkanes of at least 4 members (excludes halogenated alkanes) is 3. The van der Waals surface area contributed by atoms with Gasteiger partial charge in [-0.2, -0.15) is 0 Å². The summed E-state index contributed by atoms with van der Waals surface area (Å²) in [6, 6.07) is 7.75. The second-order valence-electron chi connectivity index (χ2n) is 5.66. The summed E-state index contributed by atoms with van der Waals surface area (Å²) >= 11 is 1.91. The number of rotatable bonds is 12. The zero-order valence-electron chi connectivity index (χ0n) is 14.7. The van der Waals surface area contributed by atoms with Crippen LogP contribution in [0, 0.1) is 0 Å². The summed E-state index contributed by atoms with van der Waals surface area (Å²) in [6.45, 7) is 4.42. The Kier molecular flexibility index (Phi) is 10.6. The van der Waals surface area contributed by atoms with Crippen LogP contribution in [0.4, 0.5) is 0 Å². The molecule has 23 heavy (non-hydrogen) atoms. The third-order valence-corrected chi connectivity index (χ3v) is 4.82.